The molecule has 0 bridgehead atoms. The largest absolute Gasteiger partial charge is 0.394 e. The number of hydrogen-bond acceptors (Lipinski definition) is 6. The summed E-state index contributed by atoms with van der Waals surface area (Å²) in [6.07, 6.45) is -6.37. The first-order valence-corrected chi connectivity index (χ1v) is 12.1. The molecular weight excluding hydrogens is 352 g/mol. The Morgan fingerprint density at radius 2 is 1.62 bits per heavy atom. The monoisotopic (exact) mass is 384 g/mol. The van der Waals surface area contributed by atoms with Crippen LogP contribution in [0.15, 0.2) is 30.3 Å². The average molecular weight is 385 g/mol. The van der Waals surface area contributed by atoms with E-state index in [0.717, 1.165) is 5.56 Å². The average Bonchev–Trinajstić information content (AvgIpc) is 2.58. The molecule has 0 aromatic heterocycles. The van der Waals surface area contributed by atoms with Gasteiger partial charge in [0.1, 0.15) is 24.4 Å². The van der Waals surface area contributed by atoms with Crippen molar-refractivity contribution in [1.82, 2.24) is 0 Å². The van der Waals surface area contributed by atoms with Gasteiger partial charge in [-0.1, -0.05) is 64.2 Å². The third-order valence-corrected chi connectivity index (χ3v) is 11.5. The molecule has 0 amide bonds. The highest BCUT2D eigenvalue weighted by atomic mass is 28.3. The highest BCUT2D eigenvalue weighted by Crippen LogP contribution is 2.41. The maximum absolute atomic E-state index is 10.9. The van der Waals surface area contributed by atoms with Crippen LogP contribution in [0, 0.1) is 0 Å². The van der Waals surface area contributed by atoms with Crippen LogP contribution < -0.4 is 0 Å². The Kier molecular flexibility index (Phi) is 6.66. The zero-order chi connectivity index (χ0) is 19.7. The highest BCUT2D eigenvalue weighted by Gasteiger charge is 2.53. The number of aliphatic hydroxyl groups is 4. The summed E-state index contributed by atoms with van der Waals surface area (Å²) in [5.74, 6) is 0. The second-order valence-corrected chi connectivity index (χ2v) is 14.2. The summed E-state index contributed by atoms with van der Waals surface area (Å²) in [7, 11) is -2.28. The molecule has 0 aliphatic carbocycles. The van der Waals surface area contributed by atoms with Gasteiger partial charge in [-0.2, -0.15) is 0 Å². The third-order valence-electron chi connectivity index (χ3n) is 5.85. The molecule has 7 heteroatoms. The lowest BCUT2D eigenvalue weighted by molar-refractivity contribution is -0.308. The minimum Gasteiger partial charge on any atom is -0.394 e. The SMILES string of the molecule is CC(C)(C)[Si](C)(C)C(O)[C@H]1O[C@H](OCc2ccccc2)[C@@H](O)[C@@H](O)[C@@H]1O. The summed E-state index contributed by atoms with van der Waals surface area (Å²) < 4.78 is 11.4. The van der Waals surface area contributed by atoms with Gasteiger partial charge in [0.15, 0.2) is 6.29 Å². The molecule has 0 radical (unpaired) electrons. The lowest BCUT2D eigenvalue weighted by Crippen LogP contribution is -2.66. The van der Waals surface area contributed by atoms with Gasteiger partial charge in [-0.3, -0.25) is 0 Å². The van der Waals surface area contributed by atoms with E-state index >= 15 is 0 Å². The minimum atomic E-state index is -2.28. The van der Waals surface area contributed by atoms with Gasteiger partial charge >= 0.3 is 0 Å². The first-order chi connectivity index (χ1) is 12.0. The molecule has 1 heterocycles. The predicted molar refractivity (Wildman–Crippen MR) is 101 cm³/mol. The van der Waals surface area contributed by atoms with Crippen molar-refractivity contribution in [3.05, 3.63) is 35.9 Å². The highest BCUT2D eigenvalue weighted by molar-refractivity contribution is 6.81. The van der Waals surface area contributed by atoms with E-state index in [4.69, 9.17) is 9.47 Å². The summed E-state index contributed by atoms with van der Waals surface area (Å²) in [5, 5.41) is 41.6. The van der Waals surface area contributed by atoms with Crippen molar-refractivity contribution in [3.8, 4) is 0 Å². The normalized spacial score (nSPS) is 31.7. The maximum Gasteiger partial charge on any atom is 0.187 e. The van der Waals surface area contributed by atoms with Crippen LogP contribution in [0.1, 0.15) is 26.3 Å². The van der Waals surface area contributed by atoms with Crippen LogP contribution in [-0.2, 0) is 16.1 Å². The molecule has 6 atom stereocenters. The number of ether oxygens (including phenoxy) is 2. The minimum absolute atomic E-state index is 0.142. The van der Waals surface area contributed by atoms with Crippen molar-refractivity contribution in [1.29, 1.82) is 0 Å². The predicted octanol–water partition coefficient (Wildman–Crippen LogP) is 1.42. The van der Waals surface area contributed by atoms with Gasteiger partial charge in [-0.15, -0.1) is 0 Å². The van der Waals surface area contributed by atoms with E-state index in [1.54, 1.807) is 0 Å². The summed E-state index contributed by atoms with van der Waals surface area (Å²) in [4.78, 5) is 0. The van der Waals surface area contributed by atoms with Crippen LogP contribution in [0.3, 0.4) is 0 Å². The Bertz CT molecular complexity index is 573. The molecular formula is C19H32O6Si. The lowest BCUT2D eigenvalue weighted by atomic mass is 9.99. The molecule has 0 saturated carbocycles. The second kappa shape index (κ2) is 8.06. The Labute approximate surface area is 156 Å². The number of rotatable bonds is 5. The van der Waals surface area contributed by atoms with Crippen LogP contribution in [0.4, 0.5) is 0 Å². The zero-order valence-electron chi connectivity index (χ0n) is 16.2. The van der Waals surface area contributed by atoms with Gasteiger partial charge in [0.2, 0.25) is 0 Å². The molecule has 1 aliphatic rings. The first-order valence-electron chi connectivity index (χ1n) is 9.00. The first kappa shape index (κ1) is 21.5. The smallest absolute Gasteiger partial charge is 0.187 e. The van der Waals surface area contributed by atoms with Crippen molar-refractivity contribution in [3.63, 3.8) is 0 Å². The fourth-order valence-electron chi connectivity index (χ4n) is 2.88. The van der Waals surface area contributed by atoms with Crippen molar-refractivity contribution >= 4 is 8.07 Å². The summed E-state index contributed by atoms with van der Waals surface area (Å²) in [6.45, 7) is 10.4. The molecule has 148 valence electrons. The summed E-state index contributed by atoms with van der Waals surface area (Å²) in [6, 6.07) is 9.39. The Morgan fingerprint density at radius 3 is 2.15 bits per heavy atom. The molecule has 1 unspecified atom stereocenters. The van der Waals surface area contributed by atoms with E-state index in [1.807, 2.05) is 64.2 Å². The maximum atomic E-state index is 10.9. The number of aliphatic hydroxyl groups excluding tert-OH is 4. The van der Waals surface area contributed by atoms with E-state index in [2.05, 4.69) is 0 Å². The van der Waals surface area contributed by atoms with Gasteiger partial charge in [-0.25, -0.2) is 0 Å². The fraction of sp³-hybridized carbons (Fsp3) is 0.684. The molecule has 1 aliphatic heterocycles. The molecule has 2 rings (SSSR count). The lowest BCUT2D eigenvalue weighted by Gasteiger charge is -2.48. The van der Waals surface area contributed by atoms with Gasteiger partial charge in [0, 0.05) is 0 Å². The quantitative estimate of drug-likeness (QED) is 0.573. The van der Waals surface area contributed by atoms with E-state index in [-0.39, 0.29) is 11.6 Å². The fourth-order valence-corrected chi connectivity index (χ4v) is 4.86. The van der Waals surface area contributed by atoms with Gasteiger partial charge in [0.05, 0.1) is 20.4 Å². The number of hydrogen-bond donors (Lipinski definition) is 4. The molecule has 1 fully saturated rings. The van der Waals surface area contributed by atoms with E-state index < -0.39 is 44.5 Å². The molecule has 1 aromatic rings. The van der Waals surface area contributed by atoms with Gasteiger partial charge in [-0.05, 0) is 10.6 Å². The van der Waals surface area contributed by atoms with E-state index in [0.29, 0.717) is 0 Å². The Balaban J connectivity index is 2.14. The molecule has 4 N–H and O–H groups in total. The zero-order valence-corrected chi connectivity index (χ0v) is 17.2. The standard InChI is InChI=1S/C19H32O6Si/c1-19(2,3)26(4,5)17(23)16-14(21)13(20)15(22)18(25-16)24-11-12-9-7-6-8-10-12/h6-10,13-18,20-23H,11H2,1-5H3/t13-,14-,15-,16-,17?,18-/m0/s1. The Hall–Kier alpha value is -0.803. The van der Waals surface area contributed by atoms with Crippen molar-refractivity contribution in [2.75, 3.05) is 0 Å². The van der Waals surface area contributed by atoms with Crippen LogP contribution >= 0.6 is 0 Å². The van der Waals surface area contributed by atoms with Crippen molar-refractivity contribution < 1.29 is 29.9 Å². The molecule has 1 saturated heterocycles. The summed E-state index contributed by atoms with van der Waals surface area (Å²) >= 11 is 0. The Morgan fingerprint density at radius 1 is 1.04 bits per heavy atom. The topological polar surface area (TPSA) is 99.4 Å². The summed E-state index contributed by atoms with van der Waals surface area (Å²) in [5.41, 5.74) is -0.0344. The van der Waals surface area contributed by atoms with Crippen LogP contribution in [-0.4, -0.2) is 64.9 Å². The van der Waals surface area contributed by atoms with Gasteiger partial charge in [0.25, 0.3) is 0 Å². The molecule has 6 nitrogen and oxygen atoms in total. The second-order valence-electron chi connectivity index (χ2n) is 8.65. The van der Waals surface area contributed by atoms with E-state index in [9.17, 15) is 20.4 Å². The number of benzene rings is 1. The van der Waals surface area contributed by atoms with Crippen molar-refractivity contribution in [2.45, 2.75) is 81.9 Å². The van der Waals surface area contributed by atoms with Crippen LogP contribution in [0.2, 0.25) is 18.1 Å². The van der Waals surface area contributed by atoms with Crippen LogP contribution in [0.5, 0.6) is 0 Å². The third kappa shape index (κ3) is 4.36. The molecule has 0 spiro atoms. The molecule has 1 aromatic carbocycles. The molecule has 26 heavy (non-hydrogen) atoms. The van der Waals surface area contributed by atoms with Crippen molar-refractivity contribution in [2.24, 2.45) is 0 Å². The van der Waals surface area contributed by atoms with E-state index in [1.165, 1.54) is 0 Å². The van der Waals surface area contributed by atoms with Crippen LogP contribution in [0.25, 0.3) is 0 Å². The van der Waals surface area contributed by atoms with Gasteiger partial charge < -0.3 is 29.9 Å².